The molecule has 4 nitrogen and oxygen atoms in total. The fourth-order valence-electron chi connectivity index (χ4n) is 2.51. The summed E-state index contributed by atoms with van der Waals surface area (Å²) in [6, 6.07) is 3.62. The Labute approximate surface area is 113 Å². The molecule has 0 radical (unpaired) electrons. The van der Waals surface area contributed by atoms with Gasteiger partial charge in [-0.1, -0.05) is 33.8 Å². The third kappa shape index (κ3) is 2.03. The molecule has 1 fully saturated rings. The highest BCUT2D eigenvalue weighted by atomic mass is 32.2. The summed E-state index contributed by atoms with van der Waals surface area (Å²) in [7, 11) is -3.95. The van der Waals surface area contributed by atoms with Gasteiger partial charge in [0.05, 0.1) is 5.69 Å². The fraction of sp³-hybridized carbons (Fsp3) is 0.538. The Kier molecular flexibility index (Phi) is 2.95. The van der Waals surface area contributed by atoms with Crippen LogP contribution in [-0.4, -0.2) is 14.5 Å². The van der Waals surface area contributed by atoms with Crippen LogP contribution in [0.25, 0.3) is 0 Å². The van der Waals surface area contributed by atoms with Crippen LogP contribution in [0.4, 0.5) is 10.1 Å². The maximum Gasteiger partial charge on any atom is 0.245 e. The minimum atomic E-state index is -3.95. The fourth-order valence-corrected chi connectivity index (χ4v) is 4.23. The van der Waals surface area contributed by atoms with Crippen molar-refractivity contribution >= 4 is 15.7 Å². The first-order chi connectivity index (χ1) is 8.52. The molecule has 19 heavy (non-hydrogen) atoms. The predicted octanol–water partition coefficient (Wildman–Crippen LogP) is 2.12. The molecule has 106 valence electrons. The van der Waals surface area contributed by atoms with E-state index >= 15 is 0 Å². The third-order valence-corrected chi connectivity index (χ3v) is 6.07. The number of halogens is 1. The molecule has 1 aromatic carbocycles. The second kappa shape index (κ2) is 3.93. The molecule has 0 bridgehead atoms. The molecule has 0 spiro atoms. The largest absolute Gasteiger partial charge is 0.398 e. The second-order valence-corrected chi connectivity index (χ2v) is 7.81. The zero-order valence-corrected chi connectivity index (χ0v) is 12.3. The smallest absolute Gasteiger partial charge is 0.245 e. The van der Waals surface area contributed by atoms with E-state index in [9.17, 15) is 12.8 Å². The Morgan fingerprint density at radius 2 is 1.74 bits per heavy atom. The van der Waals surface area contributed by atoms with Crippen molar-refractivity contribution in [1.82, 2.24) is 4.72 Å². The zero-order chi connectivity index (χ0) is 14.6. The summed E-state index contributed by atoms with van der Waals surface area (Å²) in [6.07, 6.45) is 0. The highest BCUT2D eigenvalue weighted by Crippen LogP contribution is 2.63. The van der Waals surface area contributed by atoms with Crippen molar-refractivity contribution in [2.45, 2.75) is 38.6 Å². The third-order valence-electron chi connectivity index (χ3n) is 4.56. The van der Waals surface area contributed by atoms with Crippen molar-refractivity contribution in [2.75, 3.05) is 5.73 Å². The predicted molar refractivity (Wildman–Crippen MR) is 72.5 cm³/mol. The first-order valence-electron chi connectivity index (χ1n) is 6.08. The average Bonchev–Trinajstić information content (AvgIpc) is 2.59. The normalized spacial score (nSPS) is 21.3. The minimum Gasteiger partial charge on any atom is -0.398 e. The molecule has 1 aliphatic carbocycles. The average molecular weight is 286 g/mol. The molecular weight excluding hydrogens is 267 g/mol. The van der Waals surface area contributed by atoms with Crippen LogP contribution in [0.3, 0.4) is 0 Å². The van der Waals surface area contributed by atoms with Crippen LogP contribution < -0.4 is 10.5 Å². The minimum absolute atomic E-state index is 0.0798. The Balaban J connectivity index is 2.36. The lowest BCUT2D eigenvalue weighted by Gasteiger charge is -2.11. The SMILES string of the molecule is CC1(C)C(NS(=O)(=O)c2c(N)cccc2F)C1(C)C. The van der Waals surface area contributed by atoms with Gasteiger partial charge in [-0.25, -0.2) is 17.5 Å². The second-order valence-electron chi connectivity index (χ2n) is 6.16. The zero-order valence-electron chi connectivity index (χ0n) is 11.5. The maximum absolute atomic E-state index is 13.7. The molecule has 0 amide bonds. The van der Waals surface area contributed by atoms with Crippen LogP contribution in [0, 0.1) is 16.6 Å². The molecule has 3 N–H and O–H groups in total. The van der Waals surface area contributed by atoms with Crippen LogP contribution in [-0.2, 0) is 10.0 Å². The number of sulfonamides is 1. The van der Waals surface area contributed by atoms with Crippen LogP contribution in [0.5, 0.6) is 0 Å². The van der Waals surface area contributed by atoms with Crippen LogP contribution in [0.1, 0.15) is 27.7 Å². The summed E-state index contributed by atoms with van der Waals surface area (Å²) in [5.41, 5.74) is 5.17. The van der Waals surface area contributed by atoms with E-state index in [4.69, 9.17) is 5.73 Å². The number of nitrogens with one attached hydrogen (secondary N) is 1. The molecule has 1 aliphatic rings. The summed E-state index contributed by atoms with van der Waals surface area (Å²) >= 11 is 0. The molecule has 0 heterocycles. The summed E-state index contributed by atoms with van der Waals surface area (Å²) < 4.78 is 40.8. The Morgan fingerprint density at radius 3 is 2.16 bits per heavy atom. The quantitative estimate of drug-likeness (QED) is 0.836. The van der Waals surface area contributed by atoms with Crippen molar-refractivity contribution in [1.29, 1.82) is 0 Å². The maximum atomic E-state index is 13.7. The van der Waals surface area contributed by atoms with Gasteiger partial charge < -0.3 is 5.73 Å². The van der Waals surface area contributed by atoms with Gasteiger partial charge in [0, 0.05) is 6.04 Å². The van der Waals surface area contributed by atoms with Gasteiger partial charge in [-0.15, -0.1) is 0 Å². The highest BCUT2D eigenvalue weighted by Gasteiger charge is 2.66. The van der Waals surface area contributed by atoms with Crippen LogP contribution >= 0.6 is 0 Å². The topological polar surface area (TPSA) is 72.2 Å². The molecule has 0 saturated heterocycles. The number of anilines is 1. The van der Waals surface area contributed by atoms with Gasteiger partial charge in [0.25, 0.3) is 0 Å². The van der Waals surface area contributed by atoms with Crippen LogP contribution in [0.2, 0.25) is 0 Å². The summed E-state index contributed by atoms with van der Waals surface area (Å²) in [4.78, 5) is -0.464. The lowest BCUT2D eigenvalue weighted by atomic mass is 10.0. The Bertz CT molecular complexity index is 589. The molecule has 1 saturated carbocycles. The molecule has 0 atom stereocenters. The Morgan fingerprint density at radius 1 is 1.21 bits per heavy atom. The lowest BCUT2D eigenvalue weighted by Crippen LogP contribution is -2.31. The monoisotopic (exact) mass is 286 g/mol. The molecule has 0 aromatic heterocycles. The standard InChI is InChI=1S/C13H19FN2O2S/c1-12(2)11(13(12,3)4)16-19(17,18)10-8(14)6-5-7-9(10)15/h5-7,11,16H,15H2,1-4H3. The molecule has 0 unspecified atom stereocenters. The molecular formula is C13H19FN2O2S. The molecule has 6 heteroatoms. The van der Waals surface area contributed by atoms with E-state index in [1.807, 2.05) is 27.7 Å². The van der Waals surface area contributed by atoms with E-state index in [0.29, 0.717) is 0 Å². The van der Waals surface area contributed by atoms with E-state index in [-0.39, 0.29) is 22.6 Å². The number of hydrogen-bond donors (Lipinski definition) is 2. The van der Waals surface area contributed by atoms with E-state index in [1.54, 1.807) is 0 Å². The number of nitrogens with two attached hydrogens (primary N) is 1. The van der Waals surface area contributed by atoms with Crippen molar-refractivity contribution in [3.63, 3.8) is 0 Å². The van der Waals surface area contributed by atoms with Crippen molar-refractivity contribution in [3.05, 3.63) is 24.0 Å². The molecule has 1 aromatic rings. The number of hydrogen-bond acceptors (Lipinski definition) is 3. The van der Waals surface area contributed by atoms with Gasteiger partial charge in [0.15, 0.2) is 0 Å². The number of benzene rings is 1. The van der Waals surface area contributed by atoms with Gasteiger partial charge in [-0.05, 0) is 23.0 Å². The van der Waals surface area contributed by atoms with Gasteiger partial charge in [0.1, 0.15) is 10.7 Å². The lowest BCUT2D eigenvalue weighted by molar-refractivity contribution is 0.457. The van der Waals surface area contributed by atoms with Gasteiger partial charge in [0.2, 0.25) is 10.0 Å². The van der Waals surface area contributed by atoms with Crippen molar-refractivity contribution < 1.29 is 12.8 Å². The van der Waals surface area contributed by atoms with Crippen LogP contribution in [0.15, 0.2) is 23.1 Å². The summed E-state index contributed by atoms with van der Waals surface area (Å²) in [6.45, 7) is 7.91. The van der Waals surface area contributed by atoms with Gasteiger partial charge >= 0.3 is 0 Å². The summed E-state index contributed by atoms with van der Waals surface area (Å²) in [5.74, 6) is -0.830. The number of rotatable bonds is 3. The van der Waals surface area contributed by atoms with Crippen molar-refractivity contribution in [2.24, 2.45) is 10.8 Å². The number of nitrogen functional groups attached to an aromatic ring is 1. The van der Waals surface area contributed by atoms with E-state index < -0.39 is 20.7 Å². The van der Waals surface area contributed by atoms with E-state index in [0.717, 1.165) is 6.07 Å². The Hall–Kier alpha value is -1.14. The van der Waals surface area contributed by atoms with E-state index in [2.05, 4.69) is 4.72 Å². The highest BCUT2D eigenvalue weighted by molar-refractivity contribution is 7.89. The molecule has 2 rings (SSSR count). The first kappa shape index (κ1) is 14.3. The first-order valence-corrected chi connectivity index (χ1v) is 7.56. The molecule has 0 aliphatic heterocycles. The van der Waals surface area contributed by atoms with Gasteiger partial charge in [-0.3, -0.25) is 0 Å². The summed E-state index contributed by atoms with van der Waals surface area (Å²) in [5, 5.41) is 0. The van der Waals surface area contributed by atoms with Gasteiger partial charge in [-0.2, -0.15) is 0 Å². The van der Waals surface area contributed by atoms with E-state index in [1.165, 1.54) is 12.1 Å². The van der Waals surface area contributed by atoms with Crippen molar-refractivity contribution in [3.8, 4) is 0 Å².